The van der Waals surface area contributed by atoms with Crippen LogP contribution in [0.2, 0.25) is 0 Å². The fourth-order valence-corrected chi connectivity index (χ4v) is 2.20. The first-order valence-electron chi connectivity index (χ1n) is 5.43. The van der Waals surface area contributed by atoms with Gasteiger partial charge in [-0.15, -0.1) is 10.3 Å². The quantitative estimate of drug-likeness (QED) is 0.423. The van der Waals surface area contributed by atoms with Gasteiger partial charge in [0.1, 0.15) is 0 Å². The van der Waals surface area contributed by atoms with Crippen molar-refractivity contribution in [2.24, 2.45) is 16.5 Å². The molecule has 1 radical (unpaired) electrons. The molecular weight excluding hydrogens is 204 g/mol. The van der Waals surface area contributed by atoms with Crippen LogP contribution < -0.4 is 11.5 Å². The van der Waals surface area contributed by atoms with Gasteiger partial charge in [-0.05, 0) is 39.7 Å². The monoisotopic (exact) mass is 225 g/mol. The summed E-state index contributed by atoms with van der Waals surface area (Å²) in [5.74, 6) is 0.0923. The number of aliphatic imine (C=N–C) groups is 1. The first kappa shape index (κ1) is 13.0. The first-order chi connectivity index (χ1) is 7.18. The van der Waals surface area contributed by atoms with Gasteiger partial charge in [-0.2, -0.15) is 0 Å². The SMILES string of the molecule is CC1(C)C=C(CCN=C(N)N)C(C)(C)N1[O]. The molecule has 0 fully saturated rings. The van der Waals surface area contributed by atoms with Crippen molar-refractivity contribution in [3.05, 3.63) is 11.6 Å². The Labute approximate surface area is 96.8 Å². The van der Waals surface area contributed by atoms with Crippen LogP contribution >= 0.6 is 0 Å². The molecular formula is C11H21N4O. The Morgan fingerprint density at radius 3 is 2.31 bits per heavy atom. The number of rotatable bonds is 3. The first-order valence-corrected chi connectivity index (χ1v) is 5.43. The molecule has 91 valence electrons. The summed E-state index contributed by atoms with van der Waals surface area (Å²) in [5.41, 5.74) is 10.7. The molecule has 1 aliphatic heterocycles. The Bertz CT molecular complexity index is 327. The summed E-state index contributed by atoms with van der Waals surface area (Å²) >= 11 is 0. The van der Waals surface area contributed by atoms with Crippen molar-refractivity contribution < 1.29 is 5.21 Å². The number of guanidine groups is 1. The molecule has 0 bridgehead atoms. The molecule has 1 aliphatic rings. The Hall–Kier alpha value is -1.07. The van der Waals surface area contributed by atoms with Crippen molar-refractivity contribution in [1.82, 2.24) is 5.06 Å². The van der Waals surface area contributed by atoms with E-state index in [9.17, 15) is 5.21 Å². The van der Waals surface area contributed by atoms with Crippen LogP contribution in [0.5, 0.6) is 0 Å². The largest absolute Gasteiger partial charge is 0.370 e. The molecule has 0 saturated carbocycles. The molecule has 0 aromatic carbocycles. The topological polar surface area (TPSA) is 87.5 Å². The highest BCUT2D eigenvalue weighted by molar-refractivity contribution is 5.75. The Balaban J connectivity index is 2.77. The van der Waals surface area contributed by atoms with Gasteiger partial charge in [0, 0.05) is 6.54 Å². The molecule has 0 aliphatic carbocycles. The smallest absolute Gasteiger partial charge is 0.185 e. The van der Waals surface area contributed by atoms with Crippen LogP contribution in [0.4, 0.5) is 0 Å². The van der Waals surface area contributed by atoms with E-state index >= 15 is 0 Å². The maximum Gasteiger partial charge on any atom is 0.185 e. The summed E-state index contributed by atoms with van der Waals surface area (Å²) in [6, 6.07) is 0. The van der Waals surface area contributed by atoms with Crippen LogP contribution in [0.15, 0.2) is 16.6 Å². The molecule has 0 amide bonds. The third-order valence-electron chi connectivity index (χ3n) is 3.02. The van der Waals surface area contributed by atoms with E-state index in [4.69, 9.17) is 11.5 Å². The minimum atomic E-state index is -0.470. The van der Waals surface area contributed by atoms with Crippen molar-refractivity contribution in [1.29, 1.82) is 0 Å². The summed E-state index contributed by atoms with van der Waals surface area (Å²) in [6.45, 7) is 8.21. The van der Waals surface area contributed by atoms with E-state index in [1.165, 1.54) is 0 Å². The van der Waals surface area contributed by atoms with Crippen molar-refractivity contribution in [3.8, 4) is 0 Å². The Morgan fingerprint density at radius 1 is 1.38 bits per heavy atom. The van der Waals surface area contributed by atoms with Crippen LogP contribution in [0, 0.1) is 0 Å². The molecule has 1 rings (SSSR count). The molecule has 0 unspecified atom stereocenters. The summed E-state index contributed by atoms with van der Waals surface area (Å²) < 4.78 is 0. The van der Waals surface area contributed by atoms with Crippen molar-refractivity contribution in [2.75, 3.05) is 6.54 Å². The summed E-state index contributed by atoms with van der Waals surface area (Å²) in [5, 5.41) is 13.2. The zero-order chi connectivity index (χ0) is 12.6. The summed E-state index contributed by atoms with van der Waals surface area (Å²) in [6.07, 6.45) is 2.73. The fourth-order valence-electron chi connectivity index (χ4n) is 2.20. The maximum atomic E-state index is 12.0. The maximum absolute atomic E-state index is 12.0. The van der Waals surface area contributed by atoms with Crippen LogP contribution in [0.3, 0.4) is 0 Å². The van der Waals surface area contributed by atoms with E-state index in [2.05, 4.69) is 4.99 Å². The third-order valence-corrected chi connectivity index (χ3v) is 3.02. The second-order valence-corrected chi connectivity index (χ2v) is 5.23. The number of nitrogens with zero attached hydrogens (tertiary/aromatic N) is 2. The van der Waals surface area contributed by atoms with E-state index in [1.807, 2.05) is 33.8 Å². The van der Waals surface area contributed by atoms with Gasteiger partial charge in [0.2, 0.25) is 0 Å². The Kier molecular flexibility index (Phi) is 3.30. The van der Waals surface area contributed by atoms with Gasteiger partial charge in [0.25, 0.3) is 0 Å². The van der Waals surface area contributed by atoms with Gasteiger partial charge in [-0.3, -0.25) is 4.99 Å². The fraction of sp³-hybridized carbons (Fsp3) is 0.727. The van der Waals surface area contributed by atoms with Crippen molar-refractivity contribution >= 4 is 5.96 Å². The molecule has 4 N–H and O–H groups in total. The van der Waals surface area contributed by atoms with Gasteiger partial charge < -0.3 is 11.5 Å². The second kappa shape index (κ2) is 4.07. The van der Waals surface area contributed by atoms with Crippen LogP contribution in [-0.2, 0) is 5.21 Å². The molecule has 1 heterocycles. The summed E-state index contributed by atoms with van der Waals surface area (Å²) in [7, 11) is 0. The van der Waals surface area contributed by atoms with E-state index in [0.29, 0.717) is 13.0 Å². The van der Waals surface area contributed by atoms with Gasteiger partial charge in [0.05, 0.1) is 11.1 Å². The van der Waals surface area contributed by atoms with Crippen LogP contribution in [0.1, 0.15) is 34.1 Å². The third kappa shape index (κ3) is 2.36. The van der Waals surface area contributed by atoms with Gasteiger partial charge in [-0.25, -0.2) is 0 Å². The number of hydrogen-bond donors (Lipinski definition) is 2. The van der Waals surface area contributed by atoms with Crippen molar-refractivity contribution in [3.63, 3.8) is 0 Å². The van der Waals surface area contributed by atoms with E-state index in [0.717, 1.165) is 10.6 Å². The summed E-state index contributed by atoms with van der Waals surface area (Å²) in [4.78, 5) is 3.94. The highest BCUT2D eigenvalue weighted by Crippen LogP contribution is 2.39. The molecule has 5 heteroatoms. The minimum absolute atomic E-state index is 0.0923. The highest BCUT2D eigenvalue weighted by Gasteiger charge is 2.45. The average Bonchev–Trinajstić information content (AvgIpc) is 2.27. The van der Waals surface area contributed by atoms with Crippen LogP contribution in [-0.4, -0.2) is 28.6 Å². The second-order valence-electron chi connectivity index (χ2n) is 5.23. The lowest BCUT2D eigenvalue weighted by Crippen LogP contribution is -2.46. The van der Waals surface area contributed by atoms with Gasteiger partial charge in [0.15, 0.2) is 5.96 Å². The van der Waals surface area contributed by atoms with Gasteiger partial charge >= 0.3 is 0 Å². The predicted molar refractivity (Wildman–Crippen MR) is 64.1 cm³/mol. The molecule has 0 saturated heterocycles. The van der Waals surface area contributed by atoms with Gasteiger partial charge in [-0.1, -0.05) is 6.08 Å². The highest BCUT2D eigenvalue weighted by atomic mass is 16.5. The Morgan fingerprint density at radius 2 is 1.94 bits per heavy atom. The number of hydrogen-bond acceptors (Lipinski definition) is 2. The number of hydroxylamine groups is 2. The zero-order valence-corrected chi connectivity index (χ0v) is 10.4. The molecule has 0 atom stereocenters. The normalized spacial score (nSPS) is 22.9. The molecule has 0 aromatic rings. The minimum Gasteiger partial charge on any atom is -0.370 e. The number of nitrogens with two attached hydrogens (primary N) is 2. The van der Waals surface area contributed by atoms with E-state index < -0.39 is 11.1 Å². The van der Waals surface area contributed by atoms with E-state index in [-0.39, 0.29) is 5.96 Å². The lowest BCUT2D eigenvalue weighted by molar-refractivity contribution is -0.238. The standard InChI is InChI=1S/C11H21N4O/c1-10(2)7-8(5-6-14-9(12)13)11(3,4)15(10)16/h7H,5-6H2,1-4H3,(H4,12,13,14). The average molecular weight is 225 g/mol. The van der Waals surface area contributed by atoms with Crippen LogP contribution in [0.25, 0.3) is 0 Å². The molecule has 5 nitrogen and oxygen atoms in total. The molecule has 16 heavy (non-hydrogen) atoms. The lowest BCUT2D eigenvalue weighted by atomic mass is 9.94. The molecule has 0 aromatic heterocycles. The predicted octanol–water partition coefficient (Wildman–Crippen LogP) is 0.795. The molecule has 0 spiro atoms. The zero-order valence-electron chi connectivity index (χ0n) is 10.4. The lowest BCUT2D eigenvalue weighted by Gasteiger charge is -2.33. The van der Waals surface area contributed by atoms with Crippen molar-refractivity contribution in [2.45, 2.75) is 45.2 Å². The van der Waals surface area contributed by atoms with E-state index in [1.54, 1.807) is 0 Å².